The summed E-state index contributed by atoms with van der Waals surface area (Å²) >= 11 is 0. The SMILES string of the molecule is Cc1ccc(CNC(=O)c2c(C(=O)O)ccc(C)c2C(=O)O)cc1[N+](=O)[O-]. The number of nitrogens with zero attached hydrogens (tertiary/aromatic N) is 1. The van der Waals surface area contributed by atoms with Crippen molar-refractivity contribution in [2.24, 2.45) is 0 Å². The molecule has 0 radical (unpaired) electrons. The van der Waals surface area contributed by atoms with Gasteiger partial charge in [0, 0.05) is 18.2 Å². The Balaban J connectivity index is 2.38. The number of carbonyl (C=O) groups is 3. The molecule has 0 fully saturated rings. The third-order valence-electron chi connectivity index (χ3n) is 4.01. The summed E-state index contributed by atoms with van der Waals surface area (Å²) in [5, 5.41) is 32.1. The van der Waals surface area contributed by atoms with Gasteiger partial charge in [0.05, 0.1) is 21.6 Å². The van der Waals surface area contributed by atoms with Crippen molar-refractivity contribution in [3.63, 3.8) is 0 Å². The summed E-state index contributed by atoms with van der Waals surface area (Å²) in [5.74, 6) is -3.75. The normalized spacial score (nSPS) is 10.3. The number of aromatic carboxylic acids is 2. The molecule has 27 heavy (non-hydrogen) atoms. The van der Waals surface area contributed by atoms with Crippen molar-refractivity contribution < 1.29 is 29.5 Å². The minimum absolute atomic E-state index is 0.116. The first-order valence-corrected chi connectivity index (χ1v) is 7.75. The van der Waals surface area contributed by atoms with Crippen LogP contribution in [0, 0.1) is 24.0 Å². The van der Waals surface area contributed by atoms with Crippen LogP contribution in [-0.4, -0.2) is 33.0 Å². The summed E-state index contributed by atoms with van der Waals surface area (Å²) in [6, 6.07) is 6.87. The Morgan fingerprint density at radius 2 is 1.63 bits per heavy atom. The first kappa shape index (κ1) is 19.6. The van der Waals surface area contributed by atoms with E-state index in [4.69, 9.17) is 0 Å². The van der Waals surface area contributed by atoms with Crippen LogP contribution in [0.25, 0.3) is 0 Å². The molecule has 0 unspecified atom stereocenters. The fraction of sp³-hybridized carbons (Fsp3) is 0.167. The van der Waals surface area contributed by atoms with Gasteiger partial charge in [-0.1, -0.05) is 18.2 Å². The average molecular weight is 372 g/mol. The second-order valence-electron chi connectivity index (χ2n) is 5.85. The molecular weight excluding hydrogens is 356 g/mol. The molecular formula is C18H16N2O7. The number of benzene rings is 2. The lowest BCUT2D eigenvalue weighted by Gasteiger charge is -2.13. The van der Waals surface area contributed by atoms with E-state index in [-0.39, 0.29) is 17.8 Å². The van der Waals surface area contributed by atoms with E-state index in [0.29, 0.717) is 11.1 Å². The van der Waals surface area contributed by atoms with Crippen molar-refractivity contribution in [1.29, 1.82) is 0 Å². The van der Waals surface area contributed by atoms with Gasteiger partial charge in [-0.15, -0.1) is 0 Å². The lowest BCUT2D eigenvalue weighted by Crippen LogP contribution is -2.28. The molecule has 3 N–H and O–H groups in total. The van der Waals surface area contributed by atoms with Crippen molar-refractivity contribution in [2.45, 2.75) is 20.4 Å². The number of aryl methyl sites for hydroxylation is 2. The fourth-order valence-electron chi connectivity index (χ4n) is 2.63. The molecule has 1 amide bonds. The quantitative estimate of drug-likeness (QED) is 0.521. The van der Waals surface area contributed by atoms with Crippen molar-refractivity contribution in [3.8, 4) is 0 Å². The van der Waals surface area contributed by atoms with Gasteiger partial charge in [-0.2, -0.15) is 0 Å². The highest BCUT2D eigenvalue weighted by molar-refractivity contribution is 6.12. The van der Waals surface area contributed by atoms with E-state index in [1.165, 1.54) is 25.1 Å². The maximum Gasteiger partial charge on any atom is 0.336 e. The summed E-state index contributed by atoms with van der Waals surface area (Å²) in [6.45, 7) is 2.90. The zero-order valence-electron chi connectivity index (χ0n) is 14.5. The molecule has 9 heteroatoms. The van der Waals surface area contributed by atoms with Crippen LogP contribution in [0.3, 0.4) is 0 Å². The monoisotopic (exact) mass is 372 g/mol. The molecule has 0 saturated heterocycles. The molecule has 2 aromatic carbocycles. The van der Waals surface area contributed by atoms with Crippen molar-refractivity contribution >= 4 is 23.5 Å². The van der Waals surface area contributed by atoms with Gasteiger partial charge in [-0.3, -0.25) is 14.9 Å². The van der Waals surface area contributed by atoms with Crippen LogP contribution in [0.15, 0.2) is 30.3 Å². The largest absolute Gasteiger partial charge is 0.478 e. The summed E-state index contributed by atoms with van der Waals surface area (Å²) < 4.78 is 0. The summed E-state index contributed by atoms with van der Waals surface area (Å²) in [4.78, 5) is 45.9. The van der Waals surface area contributed by atoms with Gasteiger partial charge in [-0.25, -0.2) is 9.59 Å². The van der Waals surface area contributed by atoms with E-state index in [1.54, 1.807) is 13.0 Å². The zero-order chi connectivity index (χ0) is 20.3. The molecule has 140 valence electrons. The summed E-state index contributed by atoms with van der Waals surface area (Å²) in [6.07, 6.45) is 0. The summed E-state index contributed by atoms with van der Waals surface area (Å²) in [7, 11) is 0. The van der Waals surface area contributed by atoms with Crippen LogP contribution >= 0.6 is 0 Å². The van der Waals surface area contributed by atoms with Crippen molar-refractivity contribution in [1.82, 2.24) is 5.32 Å². The van der Waals surface area contributed by atoms with Gasteiger partial charge in [0.25, 0.3) is 11.6 Å². The number of rotatable bonds is 6. The number of carboxylic acids is 2. The smallest absolute Gasteiger partial charge is 0.336 e. The molecule has 0 spiro atoms. The van der Waals surface area contributed by atoms with E-state index >= 15 is 0 Å². The van der Waals surface area contributed by atoms with Crippen LogP contribution in [0.1, 0.15) is 47.8 Å². The Hall–Kier alpha value is -3.75. The minimum atomic E-state index is -1.44. The molecule has 2 aromatic rings. The highest BCUT2D eigenvalue weighted by Gasteiger charge is 2.26. The van der Waals surface area contributed by atoms with E-state index in [9.17, 15) is 34.7 Å². The molecule has 0 bridgehead atoms. The topological polar surface area (TPSA) is 147 Å². The van der Waals surface area contributed by atoms with Crippen LogP contribution in [-0.2, 0) is 6.54 Å². The number of carbonyl (C=O) groups excluding carboxylic acids is 1. The predicted octanol–water partition coefficient (Wildman–Crippen LogP) is 2.54. The second kappa shape index (κ2) is 7.65. The lowest BCUT2D eigenvalue weighted by molar-refractivity contribution is -0.385. The highest BCUT2D eigenvalue weighted by atomic mass is 16.6. The zero-order valence-corrected chi connectivity index (χ0v) is 14.5. The molecule has 0 aliphatic rings. The van der Waals surface area contributed by atoms with E-state index < -0.39 is 39.5 Å². The molecule has 0 heterocycles. The molecule has 0 aliphatic carbocycles. The highest BCUT2D eigenvalue weighted by Crippen LogP contribution is 2.21. The van der Waals surface area contributed by atoms with Crippen LogP contribution in [0.4, 0.5) is 5.69 Å². The van der Waals surface area contributed by atoms with Crippen LogP contribution in [0.5, 0.6) is 0 Å². The third-order valence-corrected chi connectivity index (χ3v) is 4.01. The molecule has 0 atom stereocenters. The Bertz CT molecular complexity index is 966. The predicted molar refractivity (Wildman–Crippen MR) is 94.1 cm³/mol. The van der Waals surface area contributed by atoms with Gasteiger partial charge in [0.2, 0.25) is 0 Å². The Labute approximate surface area is 153 Å². The maximum atomic E-state index is 12.5. The van der Waals surface area contributed by atoms with E-state index in [0.717, 1.165) is 6.07 Å². The number of amides is 1. The average Bonchev–Trinajstić information content (AvgIpc) is 2.59. The number of nitro benzene ring substituents is 1. The van der Waals surface area contributed by atoms with Crippen LogP contribution in [0.2, 0.25) is 0 Å². The fourth-order valence-corrected chi connectivity index (χ4v) is 2.63. The van der Waals surface area contributed by atoms with Gasteiger partial charge in [0.15, 0.2) is 0 Å². The number of nitro groups is 1. The lowest BCUT2D eigenvalue weighted by atomic mass is 9.95. The Kier molecular flexibility index (Phi) is 5.54. The van der Waals surface area contributed by atoms with Gasteiger partial charge < -0.3 is 15.5 Å². The van der Waals surface area contributed by atoms with Gasteiger partial charge in [-0.05, 0) is 31.0 Å². The molecule has 2 rings (SSSR count). The van der Waals surface area contributed by atoms with Crippen LogP contribution < -0.4 is 5.32 Å². The van der Waals surface area contributed by atoms with Crippen molar-refractivity contribution in [3.05, 3.63) is 73.8 Å². The standard InChI is InChI=1S/C18H16N2O7/c1-9-3-5-11(7-13(9)20(26)27)8-19-16(21)15-12(17(22)23)6-4-10(2)14(15)18(24)25/h3-7H,8H2,1-2H3,(H,19,21)(H,22,23)(H,24,25). The summed E-state index contributed by atoms with van der Waals surface area (Å²) in [5.41, 5.74) is -0.306. The number of hydrogen-bond acceptors (Lipinski definition) is 5. The molecule has 9 nitrogen and oxygen atoms in total. The Morgan fingerprint density at radius 1 is 1.00 bits per heavy atom. The molecule has 0 aromatic heterocycles. The van der Waals surface area contributed by atoms with Gasteiger partial charge in [0.1, 0.15) is 0 Å². The maximum absolute atomic E-state index is 12.5. The van der Waals surface area contributed by atoms with E-state index in [1.807, 2.05) is 0 Å². The second-order valence-corrected chi connectivity index (χ2v) is 5.85. The van der Waals surface area contributed by atoms with E-state index in [2.05, 4.69) is 5.32 Å². The Morgan fingerprint density at radius 3 is 2.19 bits per heavy atom. The van der Waals surface area contributed by atoms with Crippen molar-refractivity contribution in [2.75, 3.05) is 0 Å². The third kappa shape index (κ3) is 4.09. The number of nitrogens with one attached hydrogen (secondary N) is 1. The first-order chi connectivity index (χ1) is 12.6. The molecule has 0 aliphatic heterocycles. The number of hydrogen-bond donors (Lipinski definition) is 3. The first-order valence-electron chi connectivity index (χ1n) is 7.75. The van der Waals surface area contributed by atoms with Gasteiger partial charge >= 0.3 is 11.9 Å². The minimum Gasteiger partial charge on any atom is -0.478 e. The molecule has 0 saturated carbocycles. The number of carboxylic acid groups (broad SMARTS) is 2.